The number of carbonyl (C=O) groups excluding carboxylic acids is 1. The van der Waals surface area contributed by atoms with Crippen LogP contribution in [0.15, 0.2) is 34.7 Å². The number of aromatic nitrogens is 2. The molecular formula is C17H14Cl3N3O2. The Bertz CT molecular complexity index is 947. The van der Waals surface area contributed by atoms with Gasteiger partial charge in [0.2, 0.25) is 0 Å². The lowest BCUT2D eigenvalue weighted by Crippen LogP contribution is -2.11. The van der Waals surface area contributed by atoms with E-state index in [1.54, 1.807) is 35.0 Å². The second-order valence-corrected chi connectivity index (χ2v) is 6.68. The maximum Gasteiger partial charge on any atom is 0.291 e. The van der Waals surface area contributed by atoms with Gasteiger partial charge in [0.15, 0.2) is 5.76 Å². The molecule has 25 heavy (non-hydrogen) atoms. The van der Waals surface area contributed by atoms with Crippen molar-refractivity contribution in [3.05, 3.63) is 68.3 Å². The van der Waals surface area contributed by atoms with Crippen LogP contribution in [-0.2, 0) is 6.54 Å². The zero-order valence-electron chi connectivity index (χ0n) is 13.4. The molecule has 5 nitrogen and oxygen atoms in total. The minimum absolute atomic E-state index is 0.189. The Labute approximate surface area is 159 Å². The minimum atomic E-state index is -0.379. The van der Waals surface area contributed by atoms with Crippen molar-refractivity contribution < 1.29 is 9.21 Å². The molecule has 130 valence electrons. The first-order chi connectivity index (χ1) is 11.8. The summed E-state index contributed by atoms with van der Waals surface area (Å²) in [5, 5.41) is 8.46. The van der Waals surface area contributed by atoms with Gasteiger partial charge in [-0.15, -0.1) is 0 Å². The van der Waals surface area contributed by atoms with E-state index in [9.17, 15) is 4.79 Å². The molecule has 0 atom stereocenters. The highest BCUT2D eigenvalue weighted by atomic mass is 35.5. The predicted molar refractivity (Wildman–Crippen MR) is 98.9 cm³/mol. The second-order valence-electron chi connectivity index (χ2n) is 5.49. The van der Waals surface area contributed by atoms with Crippen molar-refractivity contribution >= 4 is 46.4 Å². The van der Waals surface area contributed by atoms with Crippen LogP contribution in [0.3, 0.4) is 0 Å². The number of halogens is 3. The van der Waals surface area contributed by atoms with E-state index >= 15 is 0 Å². The number of benzene rings is 1. The second kappa shape index (κ2) is 7.12. The zero-order valence-corrected chi connectivity index (χ0v) is 15.7. The number of rotatable bonds is 4. The fourth-order valence-electron chi connectivity index (χ4n) is 2.33. The molecule has 0 aliphatic rings. The lowest BCUT2D eigenvalue weighted by Gasteiger charge is -2.05. The summed E-state index contributed by atoms with van der Waals surface area (Å²) in [6.07, 6.45) is 0. The summed E-state index contributed by atoms with van der Waals surface area (Å²) in [5.74, 6) is 0.409. The summed E-state index contributed by atoms with van der Waals surface area (Å²) in [4.78, 5) is 12.3. The van der Waals surface area contributed by atoms with Crippen LogP contribution in [0.2, 0.25) is 15.1 Å². The zero-order chi connectivity index (χ0) is 18.1. The molecule has 3 rings (SSSR count). The van der Waals surface area contributed by atoms with Crippen molar-refractivity contribution in [2.24, 2.45) is 0 Å². The smallest absolute Gasteiger partial charge is 0.291 e. The number of nitrogens with zero attached hydrogens (tertiary/aromatic N) is 2. The van der Waals surface area contributed by atoms with Crippen molar-refractivity contribution in [3.63, 3.8) is 0 Å². The molecule has 0 aliphatic carbocycles. The predicted octanol–water partition coefficient (Wildman–Crippen LogP) is 5.35. The van der Waals surface area contributed by atoms with Gasteiger partial charge in [-0.25, -0.2) is 0 Å². The van der Waals surface area contributed by atoms with Crippen molar-refractivity contribution in [1.82, 2.24) is 9.78 Å². The molecule has 0 fully saturated rings. The van der Waals surface area contributed by atoms with Gasteiger partial charge in [0.1, 0.15) is 5.76 Å². The summed E-state index contributed by atoms with van der Waals surface area (Å²) in [6.45, 7) is 4.10. The quantitative estimate of drug-likeness (QED) is 0.644. The number of anilines is 1. The number of furan rings is 1. The molecule has 0 saturated heterocycles. The van der Waals surface area contributed by atoms with E-state index in [0.29, 0.717) is 33.1 Å². The van der Waals surface area contributed by atoms with Crippen molar-refractivity contribution in [2.75, 3.05) is 5.32 Å². The van der Waals surface area contributed by atoms with Gasteiger partial charge in [-0.3, -0.25) is 9.48 Å². The molecule has 1 aromatic carbocycles. The Balaban J connectivity index is 1.73. The molecular weight excluding hydrogens is 385 g/mol. The van der Waals surface area contributed by atoms with Crippen LogP contribution in [0.1, 0.15) is 27.7 Å². The maximum atomic E-state index is 12.3. The highest BCUT2D eigenvalue weighted by molar-refractivity contribution is 6.42. The molecule has 1 N–H and O–H groups in total. The fourth-order valence-corrected chi connectivity index (χ4v) is 2.76. The standard InChI is InChI=1S/C17H14Cl3N3O2/c1-9-16(20)10(2)23(22-9)8-12-4-6-15(25-12)17(24)21-11-3-5-13(18)14(19)7-11/h3-7H,8H2,1-2H3,(H,21,24). The normalized spacial score (nSPS) is 10.9. The molecule has 2 aromatic heterocycles. The number of aryl methyl sites for hydroxylation is 1. The number of hydrogen-bond donors (Lipinski definition) is 1. The van der Waals surface area contributed by atoms with E-state index in [1.807, 2.05) is 13.8 Å². The highest BCUT2D eigenvalue weighted by Crippen LogP contribution is 2.25. The lowest BCUT2D eigenvalue weighted by molar-refractivity contribution is 0.0994. The molecule has 2 heterocycles. The van der Waals surface area contributed by atoms with E-state index in [0.717, 1.165) is 11.4 Å². The van der Waals surface area contributed by atoms with E-state index < -0.39 is 0 Å². The Morgan fingerprint density at radius 2 is 1.92 bits per heavy atom. The first kappa shape index (κ1) is 17.9. The Morgan fingerprint density at radius 3 is 2.56 bits per heavy atom. The lowest BCUT2D eigenvalue weighted by atomic mass is 10.3. The molecule has 1 amide bonds. The Hall–Kier alpha value is -1.95. The van der Waals surface area contributed by atoms with Gasteiger partial charge in [-0.1, -0.05) is 34.8 Å². The Morgan fingerprint density at radius 1 is 1.16 bits per heavy atom. The van der Waals surface area contributed by atoms with E-state index in [2.05, 4.69) is 10.4 Å². The summed E-state index contributed by atoms with van der Waals surface area (Å²) >= 11 is 17.9. The topological polar surface area (TPSA) is 60.1 Å². The number of hydrogen-bond acceptors (Lipinski definition) is 3. The third-order valence-electron chi connectivity index (χ3n) is 3.66. The molecule has 0 spiro atoms. The highest BCUT2D eigenvalue weighted by Gasteiger charge is 2.15. The van der Waals surface area contributed by atoms with Gasteiger partial charge in [-0.2, -0.15) is 5.10 Å². The summed E-state index contributed by atoms with van der Waals surface area (Å²) in [5.41, 5.74) is 2.13. The molecule has 0 unspecified atom stereocenters. The monoisotopic (exact) mass is 397 g/mol. The van der Waals surface area contributed by atoms with Crippen LogP contribution in [0.5, 0.6) is 0 Å². The average molecular weight is 399 g/mol. The van der Waals surface area contributed by atoms with Crippen LogP contribution >= 0.6 is 34.8 Å². The van der Waals surface area contributed by atoms with Gasteiger partial charge < -0.3 is 9.73 Å². The SMILES string of the molecule is Cc1nn(Cc2ccc(C(=O)Nc3ccc(Cl)c(Cl)c3)o2)c(C)c1Cl. The van der Waals surface area contributed by atoms with Gasteiger partial charge in [0.05, 0.1) is 33.0 Å². The number of carbonyl (C=O) groups is 1. The van der Waals surface area contributed by atoms with Crippen LogP contribution in [0.25, 0.3) is 0 Å². The maximum absolute atomic E-state index is 12.3. The van der Waals surface area contributed by atoms with Crippen molar-refractivity contribution in [1.29, 1.82) is 0 Å². The van der Waals surface area contributed by atoms with Crippen LogP contribution < -0.4 is 5.32 Å². The largest absolute Gasteiger partial charge is 0.454 e. The molecule has 0 radical (unpaired) electrons. The van der Waals surface area contributed by atoms with Crippen LogP contribution in [0.4, 0.5) is 5.69 Å². The van der Waals surface area contributed by atoms with Crippen molar-refractivity contribution in [2.45, 2.75) is 20.4 Å². The molecule has 0 aliphatic heterocycles. The van der Waals surface area contributed by atoms with E-state index in [1.165, 1.54) is 0 Å². The molecule has 0 saturated carbocycles. The van der Waals surface area contributed by atoms with E-state index in [-0.39, 0.29) is 11.7 Å². The fraction of sp³-hybridized carbons (Fsp3) is 0.176. The minimum Gasteiger partial charge on any atom is -0.454 e. The third-order valence-corrected chi connectivity index (χ3v) is 4.95. The van der Waals surface area contributed by atoms with Gasteiger partial charge in [0.25, 0.3) is 5.91 Å². The Kier molecular flexibility index (Phi) is 5.08. The molecule has 8 heteroatoms. The van der Waals surface area contributed by atoms with E-state index in [4.69, 9.17) is 39.2 Å². The summed E-state index contributed by atoms with van der Waals surface area (Å²) in [6, 6.07) is 8.18. The first-order valence-corrected chi connectivity index (χ1v) is 8.53. The summed E-state index contributed by atoms with van der Waals surface area (Å²) in [7, 11) is 0. The van der Waals surface area contributed by atoms with Crippen LogP contribution in [0, 0.1) is 13.8 Å². The van der Waals surface area contributed by atoms with Gasteiger partial charge in [0, 0.05) is 5.69 Å². The summed E-state index contributed by atoms with van der Waals surface area (Å²) < 4.78 is 7.34. The first-order valence-electron chi connectivity index (χ1n) is 7.40. The van der Waals surface area contributed by atoms with Crippen LogP contribution in [-0.4, -0.2) is 15.7 Å². The van der Waals surface area contributed by atoms with Gasteiger partial charge >= 0.3 is 0 Å². The van der Waals surface area contributed by atoms with Gasteiger partial charge in [-0.05, 0) is 44.2 Å². The number of nitrogens with one attached hydrogen (secondary N) is 1. The third kappa shape index (κ3) is 3.84. The average Bonchev–Trinajstić information content (AvgIpc) is 3.13. The van der Waals surface area contributed by atoms with Crippen molar-refractivity contribution in [3.8, 4) is 0 Å². The molecule has 0 bridgehead atoms. The molecule has 3 aromatic rings. The number of amides is 1.